The van der Waals surface area contributed by atoms with Gasteiger partial charge in [0.2, 0.25) is 0 Å². The number of nitrogens with zero attached hydrogens (tertiary/aromatic N) is 1. The number of aryl methyl sites for hydroxylation is 1. The molecule has 6 heteroatoms. The number of anilines is 1. The summed E-state index contributed by atoms with van der Waals surface area (Å²) < 4.78 is 5.10. The molecule has 0 radical (unpaired) electrons. The van der Waals surface area contributed by atoms with Gasteiger partial charge in [-0.05, 0) is 42.7 Å². The molecule has 2 rings (SSSR count). The summed E-state index contributed by atoms with van der Waals surface area (Å²) in [6.45, 7) is 0.326. The quantitative estimate of drug-likeness (QED) is 0.819. The molecule has 0 saturated carbocycles. The molecule has 0 spiro atoms. The van der Waals surface area contributed by atoms with Crippen molar-refractivity contribution in [1.82, 2.24) is 4.98 Å². The van der Waals surface area contributed by atoms with Gasteiger partial charge in [-0.25, -0.2) is 4.79 Å². The first-order valence-electron chi connectivity index (χ1n) is 6.43. The molecular weight excluding hydrogens is 311 g/mol. The highest BCUT2D eigenvalue weighted by Crippen LogP contribution is 2.29. The first kappa shape index (κ1) is 15.6. The van der Waals surface area contributed by atoms with Crippen molar-refractivity contribution in [2.45, 2.75) is 12.8 Å². The Morgan fingerprint density at radius 1 is 1.19 bits per heavy atom. The maximum Gasteiger partial charge on any atom is 0.411 e. The standard InChI is InChI=1S/C15H14Cl2N2O2/c16-12-4-1-5-13(14(12)17)19-15(20)21-10-2-3-11-6-8-18-9-7-11/h1,4-9H,2-3,10H2,(H,19,20). The Morgan fingerprint density at radius 3 is 2.71 bits per heavy atom. The van der Waals surface area contributed by atoms with Crippen molar-refractivity contribution in [2.24, 2.45) is 0 Å². The predicted molar refractivity (Wildman–Crippen MR) is 84.0 cm³/mol. The average molecular weight is 325 g/mol. The minimum absolute atomic E-state index is 0.299. The van der Waals surface area contributed by atoms with E-state index in [4.69, 9.17) is 27.9 Å². The summed E-state index contributed by atoms with van der Waals surface area (Å²) in [6, 6.07) is 8.88. The van der Waals surface area contributed by atoms with Gasteiger partial charge in [-0.1, -0.05) is 29.3 Å². The SMILES string of the molecule is O=C(Nc1cccc(Cl)c1Cl)OCCCc1ccncc1. The van der Waals surface area contributed by atoms with Crippen LogP contribution in [0.15, 0.2) is 42.7 Å². The van der Waals surface area contributed by atoms with Crippen LogP contribution in [0.4, 0.5) is 10.5 Å². The summed E-state index contributed by atoms with van der Waals surface area (Å²) in [5.41, 5.74) is 1.59. The molecule has 4 nitrogen and oxygen atoms in total. The number of pyridine rings is 1. The molecule has 0 bridgehead atoms. The van der Waals surface area contributed by atoms with E-state index < -0.39 is 6.09 Å². The Labute approximate surface area is 133 Å². The molecule has 1 heterocycles. The van der Waals surface area contributed by atoms with Crippen molar-refractivity contribution >= 4 is 35.0 Å². The van der Waals surface area contributed by atoms with Crippen LogP contribution >= 0.6 is 23.2 Å². The molecule has 0 aliphatic rings. The molecule has 0 atom stereocenters. The molecule has 1 aromatic heterocycles. The Bertz CT molecular complexity index is 606. The van der Waals surface area contributed by atoms with E-state index >= 15 is 0 Å². The van der Waals surface area contributed by atoms with Crippen LogP contribution in [0.1, 0.15) is 12.0 Å². The van der Waals surface area contributed by atoms with E-state index in [2.05, 4.69) is 10.3 Å². The first-order valence-corrected chi connectivity index (χ1v) is 7.19. The Balaban J connectivity index is 1.74. The summed E-state index contributed by atoms with van der Waals surface area (Å²) >= 11 is 11.8. The van der Waals surface area contributed by atoms with Crippen LogP contribution in [0.25, 0.3) is 0 Å². The number of aromatic nitrogens is 1. The molecule has 110 valence electrons. The van der Waals surface area contributed by atoms with Gasteiger partial charge in [0.25, 0.3) is 0 Å². The van der Waals surface area contributed by atoms with Crippen LogP contribution in [0, 0.1) is 0 Å². The van der Waals surface area contributed by atoms with Gasteiger partial charge in [0.15, 0.2) is 0 Å². The fourth-order valence-electron chi connectivity index (χ4n) is 1.74. The van der Waals surface area contributed by atoms with E-state index in [1.807, 2.05) is 12.1 Å². The van der Waals surface area contributed by atoms with Gasteiger partial charge in [0, 0.05) is 12.4 Å². The second-order valence-electron chi connectivity index (χ2n) is 4.32. The van der Waals surface area contributed by atoms with Crippen LogP contribution in [0.5, 0.6) is 0 Å². The average Bonchev–Trinajstić information content (AvgIpc) is 2.49. The number of carbonyl (C=O) groups excluding carboxylic acids is 1. The van der Waals surface area contributed by atoms with Gasteiger partial charge in [0.1, 0.15) is 0 Å². The third kappa shape index (κ3) is 4.92. The molecule has 0 fully saturated rings. The summed E-state index contributed by atoms with van der Waals surface area (Å²) in [5.74, 6) is 0. The third-order valence-electron chi connectivity index (χ3n) is 2.78. The van der Waals surface area contributed by atoms with Gasteiger partial charge >= 0.3 is 6.09 Å². The molecule has 0 aliphatic carbocycles. The second-order valence-corrected chi connectivity index (χ2v) is 5.11. The fraction of sp³-hybridized carbons (Fsp3) is 0.200. The molecular formula is C15H14Cl2N2O2. The minimum atomic E-state index is -0.547. The lowest BCUT2D eigenvalue weighted by Gasteiger charge is -2.09. The van der Waals surface area contributed by atoms with Crippen molar-refractivity contribution in [3.05, 3.63) is 58.3 Å². The Kier molecular flexibility index (Phi) is 5.84. The van der Waals surface area contributed by atoms with E-state index in [0.717, 1.165) is 18.4 Å². The van der Waals surface area contributed by atoms with E-state index in [0.29, 0.717) is 22.3 Å². The summed E-state index contributed by atoms with van der Waals surface area (Å²) in [6.07, 6.45) is 4.50. The molecule has 1 N–H and O–H groups in total. The zero-order valence-electron chi connectivity index (χ0n) is 11.2. The van der Waals surface area contributed by atoms with Crippen LogP contribution in [0.2, 0.25) is 10.0 Å². The van der Waals surface area contributed by atoms with Crippen molar-refractivity contribution in [3.63, 3.8) is 0 Å². The monoisotopic (exact) mass is 324 g/mol. The predicted octanol–water partition coefficient (Wildman–Crippen LogP) is 4.57. The van der Waals surface area contributed by atoms with Gasteiger partial charge in [-0.15, -0.1) is 0 Å². The molecule has 1 aromatic carbocycles. The first-order chi connectivity index (χ1) is 10.2. The molecule has 1 amide bonds. The summed E-state index contributed by atoms with van der Waals surface area (Å²) in [7, 11) is 0. The van der Waals surface area contributed by atoms with E-state index in [-0.39, 0.29) is 0 Å². The van der Waals surface area contributed by atoms with Crippen LogP contribution < -0.4 is 5.32 Å². The number of benzene rings is 1. The Morgan fingerprint density at radius 2 is 1.95 bits per heavy atom. The lowest BCUT2D eigenvalue weighted by Crippen LogP contribution is -2.15. The van der Waals surface area contributed by atoms with Gasteiger partial charge in [0.05, 0.1) is 22.3 Å². The highest BCUT2D eigenvalue weighted by atomic mass is 35.5. The minimum Gasteiger partial charge on any atom is -0.449 e. The zero-order chi connectivity index (χ0) is 15.1. The van der Waals surface area contributed by atoms with Crippen molar-refractivity contribution < 1.29 is 9.53 Å². The Hall–Kier alpha value is -1.78. The number of hydrogen-bond acceptors (Lipinski definition) is 3. The lowest BCUT2D eigenvalue weighted by atomic mass is 10.1. The summed E-state index contributed by atoms with van der Waals surface area (Å²) in [5, 5.41) is 3.24. The number of rotatable bonds is 5. The topological polar surface area (TPSA) is 51.2 Å². The van der Waals surface area contributed by atoms with Crippen LogP contribution in [-0.4, -0.2) is 17.7 Å². The lowest BCUT2D eigenvalue weighted by molar-refractivity contribution is 0.160. The van der Waals surface area contributed by atoms with Crippen LogP contribution in [-0.2, 0) is 11.2 Å². The molecule has 0 aliphatic heterocycles. The zero-order valence-corrected chi connectivity index (χ0v) is 12.7. The number of halogens is 2. The van der Waals surface area contributed by atoms with Crippen molar-refractivity contribution in [3.8, 4) is 0 Å². The summed E-state index contributed by atoms with van der Waals surface area (Å²) in [4.78, 5) is 15.6. The van der Waals surface area contributed by atoms with Gasteiger partial charge in [-0.2, -0.15) is 0 Å². The van der Waals surface area contributed by atoms with E-state index in [1.165, 1.54) is 0 Å². The largest absolute Gasteiger partial charge is 0.449 e. The normalized spacial score (nSPS) is 10.2. The highest BCUT2D eigenvalue weighted by molar-refractivity contribution is 6.43. The van der Waals surface area contributed by atoms with E-state index in [9.17, 15) is 4.79 Å². The maximum absolute atomic E-state index is 11.6. The van der Waals surface area contributed by atoms with Crippen molar-refractivity contribution in [1.29, 1.82) is 0 Å². The third-order valence-corrected chi connectivity index (χ3v) is 3.60. The van der Waals surface area contributed by atoms with E-state index in [1.54, 1.807) is 30.6 Å². The number of hydrogen-bond donors (Lipinski definition) is 1. The number of nitrogens with one attached hydrogen (secondary N) is 1. The molecule has 0 unspecified atom stereocenters. The fourth-order valence-corrected chi connectivity index (χ4v) is 2.08. The van der Waals surface area contributed by atoms with Gasteiger partial charge in [-0.3, -0.25) is 10.3 Å². The molecule has 2 aromatic rings. The van der Waals surface area contributed by atoms with Crippen LogP contribution in [0.3, 0.4) is 0 Å². The number of ether oxygens (including phenoxy) is 1. The van der Waals surface area contributed by atoms with Gasteiger partial charge < -0.3 is 4.74 Å². The highest BCUT2D eigenvalue weighted by Gasteiger charge is 2.08. The maximum atomic E-state index is 11.6. The molecule has 0 saturated heterocycles. The number of amides is 1. The smallest absolute Gasteiger partial charge is 0.411 e. The van der Waals surface area contributed by atoms with Crippen molar-refractivity contribution in [2.75, 3.05) is 11.9 Å². The second kappa shape index (κ2) is 7.86. The number of carbonyl (C=O) groups is 1. The molecule has 21 heavy (non-hydrogen) atoms.